The fourth-order valence-corrected chi connectivity index (χ4v) is 1.63. The van der Waals surface area contributed by atoms with Crippen molar-refractivity contribution in [3.8, 4) is 11.8 Å². The molecule has 0 aliphatic heterocycles. The van der Waals surface area contributed by atoms with E-state index in [-0.39, 0.29) is 0 Å². The van der Waals surface area contributed by atoms with Crippen molar-refractivity contribution >= 4 is 17.8 Å². The van der Waals surface area contributed by atoms with E-state index >= 15 is 0 Å². The molecule has 2 aromatic rings. The number of benzene rings is 2. The number of nitrogens with zero attached hydrogens (tertiary/aromatic N) is 1. The van der Waals surface area contributed by atoms with Gasteiger partial charge in [-0.15, -0.1) is 0 Å². The lowest BCUT2D eigenvalue weighted by atomic mass is 10.2. The Labute approximate surface area is 112 Å². The summed E-state index contributed by atoms with van der Waals surface area (Å²) in [5.74, 6) is 6.02. The van der Waals surface area contributed by atoms with Crippen LogP contribution in [-0.2, 0) is 0 Å². The summed E-state index contributed by atoms with van der Waals surface area (Å²) in [6.45, 7) is 0.488. The van der Waals surface area contributed by atoms with Gasteiger partial charge in [-0.3, -0.25) is 4.99 Å². The second kappa shape index (κ2) is 6.64. The Kier molecular flexibility index (Phi) is 4.58. The highest BCUT2D eigenvalue weighted by Crippen LogP contribution is 2.09. The molecule has 0 heterocycles. The lowest BCUT2D eigenvalue weighted by Gasteiger charge is -1.90. The predicted octanol–water partition coefficient (Wildman–Crippen LogP) is 3.81. The topological polar surface area (TPSA) is 12.4 Å². The summed E-state index contributed by atoms with van der Waals surface area (Å²) in [6, 6.07) is 17.5. The number of hydrogen-bond donors (Lipinski definition) is 0. The Morgan fingerprint density at radius 1 is 1.06 bits per heavy atom. The highest BCUT2D eigenvalue weighted by molar-refractivity contribution is 6.30. The van der Waals surface area contributed by atoms with Crippen molar-refractivity contribution in [2.75, 3.05) is 6.54 Å². The van der Waals surface area contributed by atoms with E-state index in [4.69, 9.17) is 11.6 Å². The van der Waals surface area contributed by atoms with Crippen LogP contribution in [0.25, 0.3) is 0 Å². The van der Waals surface area contributed by atoms with Gasteiger partial charge < -0.3 is 0 Å². The second-order valence-corrected chi connectivity index (χ2v) is 4.13. The largest absolute Gasteiger partial charge is 0.280 e. The van der Waals surface area contributed by atoms with Gasteiger partial charge in [-0.05, 0) is 23.8 Å². The van der Waals surface area contributed by atoms with Gasteiger partial charge in [0.15, 0.2) is 0 Å². The lowest BCUT2D eigenvalue weighted by molar-refractivity contribution is 1.30. The van der Waals surface area contributed by atoms with Crippen molar-refractivity contribution in [2.45, 2.75) is 0 Å². The van der Waals surface area contributed by atoms with Gasteiger partial charge in [0, 0.05) is 16.8 Å². The maximum absolute atomic E-state index is 5.87. The molecule has 0 spiro atoms. The summed E-state index contributed by atoms with van der Waals surface area (Å²) in [5.41, 5.74) is 2.00. The van der Waals surface area contributed by atoms with E-state index in [0.29, 0.717) is 11.6 Å². The van der Waals surface area contributed by atoms with Crippen LogP contribution in [0.4, 0.5) is 0 Å². The summed E-state index contributed by atoms with van der Waals surface area (Å²) in [6.07, 6.45) is 1.83. The Bertz CT molecular complexity index is 591. The molecular weight excluding hydrogens is 242 g/mol. The van der Waals surface area contributed by atoms with E-state index in [1.165, 1.54) is 0 Å². The van der Waals surface area contributed by atoms with Crippen LogP contribution in [0.1, 0.15) is 11.1 Å². The maximum Gasteiger partial charge on any atom is 0.100 e. The molecule has 0 unspecified atom stereocenters. The Morgan fingerprint density at radius 3 is 2.67 bits per heavy atom. The molecule has 2 rings (SSSR count). The van der Waals surface area contributed by atoms with E-state index in [2.05, 4.69) is 16.8 Å². The summed E-state index contributed by atoms with van der Waals surface area (Å²) in [4.78, 5) is 4.25. The number of hydrogen-bond acceptors (Lipinski definition) is 1. The second-order valence-electron chi connectivity index (χ2n) is 3.69. The first kappa shape index (κ1) is 12.4. The molecule has 0 fully saturated rings. The molecule has 0 saturated heterocycles. The zero-order valence-corrected chi connectivity index (χ0v) is 10.6. The van der Waals surface area contributed by atoms with E-state index in [0.717, 1.165) is 11.1 Å². The van der Waals surface area contributed by atoms with E-state index in [9.17, 15) is 0 Å². The Balaban J connectivity index is 1.92. The first-order valence-electron chi connectivity index (χ1n) is 5.64. The molecular formula is C16H12ClN. The minimum absolute atomic E-state index is 0.488. The first-order chi connectivity index (χ1) is 8.84. The maximum atomic E-state index is 5.87. The highest BCUT2D eigenvalue weighted by Gasteiger charge is 1.87. The average Bonchev–Trinajstić information content (AvgIpc) is 2.40. The molecule has 0 aromatic heterocycles. The molecule has 0 atom stereocenters. The molecule has 1 nitrogen and oxygen atoms in total. The minimum atomic E-state index is 0.488. The van der Waals surface area contributed by atoms with Gasteiger partial charge in [-0.1, -0.05) is 59.8 Å². The van der Waals surface area contributed by atoms with E-state index in [1.807, 2.05) is 60.8 Å². The van der Waals surface area contributed by atoms with Crippen LogP contribution < -0.4 is 0 Å². The molecule has 2 heteroatoms. The van der Waals surface area contributed by atoms with Gasteiger partial charge in [0.25, 0.3) is 0 Å². The van der Waals surface area contributed by atoms with Crippen LogP contribution in [0.3, 0.4) is 0 Å². The van der Waals surface area contributed by atoms with E-state index in [1.54, 1.807) is 0 Å². The van der Waals surface area contributed by atoms with Crippen molar-refractivity contribution in [2.24, 2.45) is 4.99 Å². The van der Waals surface area contributed by atoms with Gasteiger partial charge in [-0.2, -0.15) is 0 Å². The smallest absolute Gasteiger partial charge is 0.100 e. The molecule has 0 radical (unpaired) electrons. The van der Waals surface area contributed by atoms with Crippen LogP contribution >= 0.6 is 11.6 Å². The molecule has 0 aliphatic carbocycles. The van der Waals surface area contributed by atoms with Crippen LogP contribution in [0.2, 0.25) is 5.02 Å². The summed E-state index contributed by atoms with van der Waals surface area (Å²) in [5, 5.41) is 0.703. The van der Waals surface area contributed by atoms with Gasteiger partial charge in [0.2, 0.25) is 0 Å². The van der Waals surface area contributed by atoms with Crippen LogP contribution in [-0.4, -0.2) is 12.8 Å². The molecule has 0 bridgehead atoms. The SMILES string of the molecule is Clc1cccc(C#CCN=Cc2ccccc2)c1. The van der Waals surface area contributed by atoms with Gasteiger partial charge in [0.05, 0.1) is 0 Å². The third-order valence-corrected chi connectivity index (χ3v) is 2.50. The average molecular weight is 254 g/mol. The van der Waals surface area contributed by atoms with Gasteiger partial charge >= 0.3 is 0 Å². The third-order valence-electron chi connectivity index (χ3n) is 2.27. The molecule has 18 heavy (non-hydrogen) atoms. The first-order valence-corrected chi connectivity index (χ1v) is 6.02. The Hall–Kier alpha value is -2.04. The van der Waals surface area contributed by atoms with E-state index < -0.39 is 0 Å². The fraction of sp³-hybridized carbons (Fsp3) is 0.0625. The minimum Gasteiger partial charge on any atom is -0.280 e. The quantitative estimate of drug-likeness (QED) is 0.570. The molecule has 0 saturated carbocycles. The molecule has 0 N–H and O–H groups in total. The summed E-state index contributed by atoms with van der Waals surface area (Å²) in [7, 11) is 0. The number of rotatable bonds is 2. The molecule has 0 aliphatic rings. The van der Waals surface area contributed by atoms with Crippen molar-refractivity contribution in [1.29, 1.82) is 0 Å². The number of aliphatic imine (C=N–C) groups is 1. The standard InChI is InChI=1S/C16H12ClN/c17-16-10-4-8-14(12-16)9-5-11-18-13-15-6-2-1-3-7-15/h1-4,6-8,10,12-13H,11H2. The molecule has 88 valence electrons. The third kappa shape index (κ3) is 4.08. The Morgan fingerprint density at radius 2 is 1.89 bits per heavy atom. The fourth-order valence-electron chi connectivity index (χ4n) is 1.44. The normalized spacial score (nSPS) is 10.1. The van der Waals surface area contributed by atoms with Crippen molar-refractivity contribution in [3.05, 3.63) is 70.7 Å². The molecule has 0 amide bonds. The van der Waals surface area contributed by atoms with Crippen LogP contribution in [0.5, 0.6) is 0 Å². The lowest BCUT2D eigenvalue weighted by Crippen LogP contribution is -1.81. The van der Waals surface area contributed by atoms with Crippen LogP contribution in [0.15, 0.2) is 59.6 Å². The molecule has 2 aromatic carbocycles. The van der Waals surface area contributed by atoms with Crippen molar-refractivity contribution < 1.29 is 0 Å². The predicted molar refractivity (Wildman–Crippen MR) is 77.2 cm³/mol. The zero-order chi connectivity index (χ0) is 12.6. The summed E-state index contributed by atoms with van der Waals surface area (Å²) >= 11 is 5.87. The van der Waals surface area contributed by atoms with Crippen molar-refractivity contribution in [1.82, 2.24) is 0 Å². The monoisotopic (exact) mass is 253 g/mol. The summed E-state index contributed by atoms with van der Waals surface area (Å²) < 4.78 is 0. The zero-order valence-electron chi connectivity index (χ0n) is 9.81. The van der Waals surface area contributed by atoms with Gasteiger partial charge in [-0.25, -0.2) is 0 Å². The van der Waals surface area contributed by atoms with Crippen molar-refractivity contribution in [3.63, 3.8) is 0 Å². The van der Waals surface area contributed by atoms with Crippen LogP contribution in [0, 0.1) is 11.8 Å². The van der Waals surface area contributed by atoms with Gasteiger partial charge in [0.1, 0.15) is 6.54 Å². The highest BCUT2D eigenvalue weighted by atomic mass is 35.5. The number of halogens is 1.